The minimum absolute atomic E-state index is 0.00876. The average molecular weight is 789 g/mol. The van der Waals surface area contributed by atoms with Crippen LogP contribution in [-0.2, 0) is 53.2 Å². The monoisotopic (exact) mass is 788 g/mol. The normalized spacial score (nSPS) is 19.2. The number of hydrogen-bond donors (Lipinski definition) is 0. The first kappa shape index (κ1) is 38.6. The third-order valence-electron chi connectivity index (χ3n) is 10.6. The molecule has 2 fully saturated rings. The molecule has 1 unspecified atom stereocenters. The number of carbonyl (C=O) groups is 3. The summed E-state index contributed by atoms with van der Waals surface area (Å²) in [6.45, 7) is 6.35. The molecule has 2 aromatic heterocycles. The molecule has 0 spiro atoms. The number of benzene rings is 4. The number of carbonyl (C=O) groups excluding carboxylic acids is 3. The van der Waals surface area contributed by atoms with E-state index in [1.165, 1.54) is 14.0 Å². The van der Waals surface area contributed by atoms with Crippen molar-refractivity contribution in [3.63, 3.8) is 0 Å². The minimum atomic E-state index is -1.27. The van der Waals surface area contributed by atoms with Crippen molar-refractivity contribution in [3.8, 4) is 22.5 Å². The molecule has 300 valence electrons. The van der Waals surface area contributed by atoms with Crippen LogP contribution in [0, 0.1) is 6.92 Å². The number of aryl methyl sites for hydroxylation is 3. The molecule has 4 aromatic carbocycles. The van der Waals surface area contributed by atoms with E-state index in [0.29, 0.717) is 17.7 Å². The molecule has 6 aromatic rings. The van der Waals surface area contributed by atoms with E-state index in [2.05, 4.69) is 58.1 Å². The Kier molecular flexibility index (Phi) is 10.9. The van der Waals surface area contributed by atoms with E-state index in [1.807, 2.05) is 49.5 Å². The Morgan fingerprint density at radius 3 is 2.22 bits per heavy atom. The van der Waals surface area contributed by atoms with Gasteiger partial charge in [0.2, 0.25) is 6.29 Å². The van der Waals surface area contributed by atoms with Crippen LogP contribution in [0.4, 0.5) is 9.59 Å². The quantitative estimate of drug-likeness (QED) is 0.0725. The Morgan fingerprint density at radius 2 is 1.52 bits per heavy atom. The van der Waals surface area contributed by atoms with Gasteiger partial charge in [-0.25, -0.2) is 24.4 Å². The van der Waals surface area contributed by atoms with Crippen LogP contribution in [0.2, 0.25) is 0 Å². The van der Waals surface area contributed by atoms with E-state index in [0.717, 1.165) is 68.8 Å². The number of rotatable bonds is 11. The van der Waals surface area contributed by atoms with Gasteiger partial charge in [0.15, 0.2) is 12.2 Å². The number of imidazole rings is 2. The zero-order chi connectivity index (χ0) is 40.5. The highest BCUT2D eigenvalue weighted by atomic mass is 16.8. The van der Waals surface area contributed by atoms with Gasteiger partial charge < -0.3 is 42.3 Å². The molecule has 0 N–H and O–H groups in total. The van der Waals surface area contributed by atoms with E-state index in [1.54, 1.807) is 12.1 Å². The zero-order valence-corrected chi connectivity index (χ0v) is 32.9. The number of fused-ring (bicyclic) bond motifs is 3. The Balaban J connectivity index is 0.949. The maximum atomic E-state index is 13.4. The maximum Gasteiger partial charge on any atom is 0.511 e. The zero-order valence-electron chi connectivity index (χ0n) is 32.9. The third kappa shape index (κ3) is 7.60. The molecule has 5 atom stereocenters. The summed E-state index contributed by atoms with van der Waals surface area (Å²) in [5, 5.41) is 0. The van der Waals surface area contributed by atoms with Gasteiger partial charge in [-0.2, -0.15) is 0 Å². The molecule has 58 heavy (non-hydrogen) atoms. The van der Waals surface area contributed by atoms with Crippen molar-refractivity contribution < 1.29 is 47.5 Å². The van der Waals surface area contributed by atoms with Crippen LogP contribution < -0.4 is 0 Å². The van der Waals surface area contributed by atoms with Crippen LogP contribution in [0.1, 0.15) is 47.6 Å². The van der Waals surface area contributed by atoms with Gasteiger partial charge in [-0.05, 0) is 65.9 Å². The number of methoxy groups -OCH3 is 1. The highest BCUT2D eigenvalue weighted by Crippen LogP contribution is 2.33. The Morgan fingerprint density at radius 1 is 0.828 bits per heavy atom. The van der Waals surface area contributed by atoms with Crippen molar-refractivity contribution in [1.82, 2.24) is 19.1 Å². The van der Waals surface area contributed by atoms with E-state index in [-0.39, 0.29) is 13.2 Å². The lowest BCUT2D eigenvalue weighted by Crippen LogP contribution is -2.36. The van der Waals surface area contributed by atoms with Gasteiger partial charge >= 0.3 is 18.3 Å². The molecule has 4 heterocycles. The number of ether oxygens (including phenoxy) is 7. The van der Waals surface area contributed by atoms with Crippen molar-refractivity contribution in [1.29, 1.82) is 0 Å². The average Bonchev–Trinajstić information content (AvgIpc) is 3.99. The minimum Gasteiger partial charge on any atom is -0.438 e. The first-order valence-corrected chi connectivity index (χ1v) is 19.3. The van der Waals surface area contributed by atoms with E-state index in [4.69, 9.17) is 38.4 Å². The van der Waals surface area contributed by atoms with Crippen molar-refractivity contribution in [3.05, 3.63) is 107 Å². The van der Waals surface area contributed by atoms with Gasteiger partial charge in [0.05, 0.1) is 48.0 Å². The fraction of sp³-hybridized carbons (Fsp3) is 0.341. The van der Waals surface area contributed by atoms with Crippen LogP contribution >= 0.6 is 0 Å². The van der Waals surface area contributed by atoms with Crippen LogP contribution in [-0.4, -0.2) is 88.4 Å². The molecule has 0 amide bonds. The van der Waals surface area contributed by atoms with Gasteiger partial charge in [0.1, 0.15) is 23.9 Å². The topological polar surface area (TPSA) is 151 Å². The summed E-state index contributed by atoms with van der Waals surface area (Å²) in [7, 11) is 3.25. The van der Waals surface area contributed by atoms with Gasteiger partial charge in [-0.3, -0.25) is 0 Å². The second kappa shape index (κ2) is 16.3. The van der Waals surface area contributed by atoms with Crippen molar-refractivity contribution >= 4 is 40.3 Å². The molecule has 2 saturated heterocycles. The van der Waals surface area contributed by atoms with Crippen LogP contribution in [0.3, 0.4) is 0 Å². The molecule has 8 rings (SSSR count). The van der Waals surface area contributed by atoms with Crippen LogP contribution in [0.25, 0.3) is 44.6 Å². The highest BCUT2D eigenvalue weighted by molar-refractivity contribution is 5.97. The number of aromatic nitrogens is 4. The summed E-state index contributed by atoms with van der Waals surface area (Å²) >= 11 is 0. The van der Waals surface area contributed by atoms with Gasteiger partial charge in [0, 0.05) is 32.5 Å². The van der Waals surface area contributed by atoms with Crippen LogP contribution in [0.15, 0.2) is 84.9 Å². The Labute approximate surface area is 334 Å². The maximum absolute atomic E-state index is 13.4. The molecule has 2 aliphatic heterocycles. The second-order valence-electron chi connectivity index (χ2n) is 14.5. The number of hydrogen-bond acceptors (Lipinski definition) is 12. The first-order chi connectivity index (χ1) is 28.1. The molecule has 14 nitrogen and oxygen atoms in total. The molecule has 14 heteroatoms. The summed E-state index contributed by atoms with van der Waals surface area (Å²) in [6, 6.07) is 27.7. The lowest BCUT2D eigenvalue weighted by atomic mass is 9.98. The molecular weight excluding hydrogens is 745 g/mol. The van der Waals surface area contributed by atoms with Gasteiger partial charge in [-0.1, -0.05) is 61.5 Å². The third-order valence-corrected chi connectivity index (χ3v) is 10.6. The molecule has 0 bridgehead atoms. The summed E-state index contributed by atoms with van der Waals surface area (Å²) < 4.78 is 41.6. The Bertz CT molecular complexity index is 2490. The lowest BCUT2D eigenvalue weighted by molar-refractivity contribution is -0.0988. The number of para-hydroxylation sites is 2. The SMILES string of the molecule is CCCc1nc2c(C)cc(-c3nc4ccccc4n3C)cc2n1Cc1ccc(-c2ccccc2C(=O)OC(C)OC(=O)O[C@@H]2CO[C@@H]3[C@H]2OC[C@H]3OC(=O)OC)cc1. The predicted octanol–water partition coefficient (Wildman–Crippen LogP) is 7.54. The largest absolute Gasteiger partial charge is 0.511 e. The summed E-state index contributed by atoms with van der Waals surface area (Å²) in [5.74, 6) is 1.25. The summed E-state index contributed by atoms with van der Waals surface area (Å²) in [4.78, 5) is 47.7. The van der Waals surface area contributed by atoms with Crippen molar-refractivity contribution in [2.45, 2.75) is 70.9 Å². The van der Waals surface area contributed by atoms with Crippen molar-refractivity contribution in [2.75, 3.05) is 20.3 Å². The Hall–Kier alpha value is -6.25. The number of nitrogens with zero attached hydrogens (tertiary/aromatic N) is 4. The molecule has 0 aliphatic carbocycles. The van der Waals surface area contributed by atoms with Crippen molar-refractivity contribution in [2.24, 2.45) is 7.05 Å². The van der Waals surface area contributed by atoms with E-state index < -0.39 is 49.0 Å². The molecule has 0 saturated carbocycles. The molecule has 0 radical (unpaired) electrons. The standard InChI is InChI=1S/C44H44N4O10/c1-6-11-37-46-38-25(2)20-29(41-45-32-14-9-10-15-33(32)47(41)4)21-34(38)48(37)22-27-16-18-28(19-17-27)30-12-7-8-13-31(30)42(49)55-26(3)56-44(51)58-36-24-54-39-35(23-53-40(36)39)57-43(50)52-5/h7-10,12-21,26,35-36,39-40H,6,11,22-24H2,1-5H3/t26?,35-,36-,39+,40+/m1/s1. The fourth-order valence-corrected chi connectivity index (χ4v) is 7.78. The highest BCUT2D eigenvalue weighted by Gasteiger charge is 2.51. The first-order valence-electron chi connectivity index (χ1n) is 19.3. The summed E-state index contributed by atoms with van der Waals surface area (Å²) in [5.41, 5.74) is 9.03. The molecule has 2 aliphatic rings. The lowest BCUT2D eigenvalue weighted by Gasteiger charge is -2.19. The summed E-state index contributed by atoms with van der Waals surface area (Å²) in [6.07, 6.45) is -4.21. The second-order valence-corrected chi connectivity index (χ2v) is 14.5. The van der Waals surface area contributed by atoms with Crippen LogP contribution in [0.5, 0.6) is 0 Å². The predicted molar refractivity (Wildman–Crippen MR) is 212 cm³/mol. The van der Waals surface area contributed by atoms with E-state index >= 15 is 0 Å². The van der Waals surface area contributed by atoms with Gasteiger partial charge in [-0.15, -0.1) is 0 Å². The fourth-order valence-electron chi connectivity index (χ4n) is 7.78. The van der Waals surface area contributed by atoms with Gasteiger partial charge in [0.25, 0.3) is 0 Å². The smallest absolute Gasteiger partial charge is 0.438 e. The molecular formula is C44H44N4O10. The number of esters is 1. The van der Waals surface area contributed by atoms with E-state index in [9.17, 15) is 14.4 Å².